The third-order valence-corrected chi connectivity index (χ3v) is 2.40. The molecule has 0 unspecified atom stereocenters. The first-order valence-corrected chi connectivity index (χ1v) is 6.24. The van der Waals surface area contributed by atoms with Crippen molar-refractivity contribution >= 4 is 17.7 Å². The fourth-order valence-electron chi connectivity index (χ4n) is 1.43. The van der Waals surface area contributed by atoms with Crippen LogP contribution in [0, 0.1) is 0 Å². The van der Waals surface area contributed by atoms with Crippen LogP contribution in [0.5, 0.6) is 0 Å². The summed E-state index contributed by atoms with van der Waals surface area (Å²) in [5, 5.41) is 0. The largest absolute Gasteiger partial charge is 0.399 e. The summed E-state index contributed by atoms with van der Waals surface area (Å²) >= 11 is 0. The third kappa shape index (κ3) is 6.61. The van der Waals surface area contributed by atoms with Crippen molar-refractivity contribution in [3.05, 3.63) is 24.3 Å². The van der Waals surface area contributed by atoms with E-state index in [1.807, 2.05) is 45.2 Å². The summed E-state index contributed by atoms with van der Waals surface area (Å²) in [4.78, 5) is 12.3. The number of rotatable bonds is 6. The number of hydrogen-bond donors (Lipinski definition) is 1. The predicted molar refractivity (Wildman–Crippen MR) is 75.4 cm³/mol. The quantitative estimate of drug-likeness (QED) is 0.469. The van der Waals surface area contributed by atoms with Crippen LogP contribution in [0.4, 0.5) is 11.4 Å². The standard InChI is InChI=1S/C12H18N2O.C2H6/c1-14(9-3-2-4-10-15)12-7-5-11(13)6-8-12;1-2/h5-8,10H,2-4,9,13H2,1H3;1-2H3. The second kappa shape index (κ2) is 9.70. The summed E-state index contributed by atoms with van der Waals surface area (Å²) in [5.74, 6) is 0. The van der Waals surface area contributed by atoms with Crippen LogP contribution < -0.4 is 10.6 Å². The maximum Gasteiger partial charge on any atom is 0.119 e. The van der Waals surface area contributed by atoms with Gasteiger partial charge in [0.1, 0.15) is 6.29 Å². The number of carbonyl (C=O) groups excluding carboxylic acids is 1. The van der Waals surface area contributed by atoms with Crippen molar-refractivity contribution in [1.82, 2.24) is 0 Å². The number of unbranched alkanes of at least 4 members (excludes halogenated alkanes) is 2. The molecule has 0 spiro atoms. The number of hydrogen-bond acceptors (Lipinski definition) is 3. The van der Waals surface area contributed by atoms with Gasteiger partial charge in [-0.05, 0) is 37.1 Å². The van der Waals surface area contributed by atoms with Crippen LogP contribution >= 0.6 is 0 Å². The molecule has 0 heterocycles. The minimum absolute atomic E-state index is 0.662. The molecule has 17 heavy (non-hydrogen) atoms. The van der Waals surface area contributed by atoms with Gasteiger partial charge >= 0.3 is 0 Å². The molecule has 0 atom stereocenters. The molecule has 1 rings (SSSR count). The molecule has 2 N–H and O–H groups in total. The van der Waals surface area contributed by atoms with Crippen molar-refractivity contribution in [1.29, 1.82) is 0 Å². The van der Waals surface area contributed by atoms with Crippen LogP contribution in [0.2, 0.25) is 0 Å². The maximum absolute atomic E-state index is 10.1. The topological polar surface area (TPSA) is 46.3 Å². The summed E-state index contributed by atoms with van der Waals surface area (Å²) in [7, 11) is 2.05. The Kier molecular flexibility index (Phi) is 8.84. The first kappa shape index (κ1) is 15.5. The van der Waals surface area contributed by atoms with Gasteiger partial charge in [-0.25, -0.2) is 0 Å². The summed E-state index contributed by atoms with van der Waals surface area (Å²) in [6, 6.07) is 7.82. The predicted octanol–water partition coefficient (Wildman–Crippen LogP) is 3.10. The van der Waals surface area contributed by atoms with Gasteiger partial charge in [0.15, 0.2) is 0 Å². The van der Waals surface area contributed by atoms with Crippen LogP contribution in [-0.2, 0) is 4.79 Å². The van der Waals surface area contributed by atoms with Crippen LogP contribution in [0.15, 0.2) is 24.3 Å². The fourth-order valence-corrected chi connectivity index (χ4v) is 1.43. The van der Waals surface area contributed by atoms with Gasteiger partial charge in [0.25, 0.3) is 0 Å². The van der Waals surface area contributed by atoms with Crippen molar-refractivity contribution in [2.45, 2.75) is 33.1 Å². The molecule has 1 aromatic carbocycles. The Balaban J connectivity index is 0.00000121. The number of carbonyl (C=O) groups is 1. The highest BCUT2D eigenvalue weighted by Gasteiger charge is 1.99. The molecule has 0 bridgehead atoms. The molecule has 0 aliphatic carbocycles. The van der Waals surface area contributed by atoms with E-state index in [2.05, 4.69) is 4.90 Å². The van der Waals surface area contributed by atoms with Crippen LogP contribution in [-0.4, -0.2) is 19.9 Å². The number of benzene rings is 1. The summed E-state index contributed by atoms with van der Waals surface area (Å²) in [6.07, 6.45) is 3.64. The zero-order chi connectivity index (χ0) is 13.1. The van der Waals surface area contributed by atoms with Crippen molar-refractivity contribution in [3.63, 3.8) is 0 Å². The molecular formula is C14H24N2O. The Morgan fingerprint density at radius 1 is 1.18 bits per heavy atom. The molecule has 0 saturated heterocycles. The van der Waals surface area contributed by atoms with E-state index in [4.69, 9.17) is 5.73 Å². The lowest BCUT2D eigenvalue weighted by Crippen LogP contribution is -2.18. The van der Waals surface area contributed by atoms with Crippen molar-refractivity contribution in [2.75, 3.05) is 24.2 Å². The normalized spacial score (nSPS) is 9.12. The van der Waals surface area contributed by atoms with Gasteiger partial charge in [-0.1, -0.05) is 13.8 Å². The van der Waals surface area contributed by atoms with Crippen molar-refractivity contribution < 1.29 is 4.79 Å². The van der Waals surface area contributed by atoms with E-state index >= 15 is 0 Å². The molecule has 0 aromatic heterocycles. The minimum atomic E-state index is 0.662. The van der Waals surface area contributed by atoms with Gasteiger partial charge in [0.05, 0.1) is 0 Å². The average molecular weight is 236 g/mol. The molecule has 0 amide bonds. The van der Waals surface area contributed by atoms with Crippen molar-refractivity contribution in [3.8, 4) is 0 Å². The van der Waals surface area contributed by atoms with E-state index in [1.165, 1.54) is 0 Å². The van der Waals surface area contributed by atoms with Crippen LogP contribution in [0.25, 0.3) is 0 Å². The molecule has 0 radical (unpaired) electrons. The first-order valence-electron chi connectivity index (χ1n) is 6.24. The Bertz CT molecular complexity index is 296. The zero-order valence-corrected chi connectivity index (χ0v) is 11.1. The van der Waals surface area contributed by atoms with Crippen LogP contribution in [0.3, 0.4) is 0 Å². The van der Waals surface area contributed by atoms with Gasteiger partial charge in [0, 0.05) is 31.4 Å². The first-order chi connectivity index (χ1) is 8.24. The number of nitrogens with two attached hydrogens (primary N) is 1. The highest BCUT2D eigenvalue weighted by molar-refractivity contribution is 5.52. The second-order valence-corrected chi connectivity index (χ2v) is 3.68. The number of anilines is 2. The highest BCUT2D eigenvalue weighted by atomic mass is 16.1. The molecule has 3 nitrogen and oxygen atoms in total. The van der Waals surface area contributed by atoms with E-state index < -0.39 is 0 Å². The van der Waals surface area contributed by atoms with Gasteiger partial charge in [-0.15, -0.1) is 0 Å². The number of aldehydes is 1. The molecule has 0 aliphatic heterocycles. The van der Waals surface area contributed by atoms with Gasteiger partial charge in [0.2, 0.25) is 0 Å². The van der Waals surface area contributed by atoms with Gasteiger partial charge < -0.3 is 15.4 Å². The average Bonchev–Trinajstić information content (AvgIpc) is 2.38. The smallest absolute Gasteiger partial charge is 0.119 e. The van der Waals surface area contributed by atoms with Crippen LogP contribution in [0.1, 0.15) is 33.1 Å². The third-order valence-electron chi connectivity index (χ3n) is 2.40. The molecule has 3 heteroatoms. The molecule has 0 fully saturated rings. The van der Waals surface area contributed by atoms with E-state index in [0.29, 0.717) is 6.42 Å². The Hall–Kier alpha value is -1.51. The maximum atomic E-state index is 10.1. The molecule has 96 valence electrons. The lowest BCUT2D eigenvalue weighted by molar-refractivity contribution is -0.107. The zero-order valence-electron chi connectivity index (χ0n) is 11.1. The lowest BCUT2D eigenvalue weighted by atomic mass is 10.2. The van der Waals surface area contributed by atoms with Gasteiger partial charge in [-0.3, -0.25) is 0 Å². The van der Waals surface area contributed by atoms with Gasteiger partial charge in [-0.2, -0.15) is 0 Å². The lowest BCUT2D eigenvalue weighted by Gasteiger charge is -2.18. The monoisotopic (exact) mass is 236 g/mol. The van der Waals surface area contributed by atoms with E-state index in [0.717, 1.165) is 37.0 Å². The summed E-state index contributed by atoms with van der Waals surface area (Å²) in [6.45, 7) is 4.97. The second-order valence-electron chi connectivity index (χ2n) is 3.68. The molecule has 0 saturated carbocycles. The Labute approximate surface area is 105 Å². The Morgan fingerprint density at radius 2 is 1.76 bits per heavy atom. The number of nitrogen functional groups attached to an aromatic ring is 1. The fraction of sp³-hybridized carbons (Fsp3) is 0.500. The highest BCUT2D eigenvalue weighted by Crippen LogP contribution is 2.15. The Morgan fingerprint density at radius 3 is 2.29 bits per heavy atom. The van der Waals surface area contributed by atoms with E-state index in [-0.39, 0.29) is 0 Å². The SMILES string of the molecule is CC.CN(CCCCC=O)c1ccc(N)cc1. The molecule has 1 aromatic rings. The molecular weight excluding hydrogens is 212 g/mol. The van der Waals surface area contributed by atoms with E-state index in [1.54, 1.807) is 0 Å². The van der Waals surface area contributed by atoms with Crippen molar-refractivity contribution in [2.24, 2.45) is 0 Å². The number of nitrogens with zero attached hydrogens (tertiary/aromatic N) is 1. The molecule has 0 aliphatic rings. The minimum Gasteiger partial charge on any atom is -0.399 e. The summed E-state index contributed by atoms with van der Waals surface area (Å²) in [5.41, 5.74) is 7.56. The van der Waals surface area contributed by atoms with E-state index in [9.17, 15) is 4.79 Å². The summed E-state index contributed by atoms with van der Waals surface area (Å²) < 4.78 is 0.